The van der Waals surface area contributed by atoms with Gasteiger partial charge in [-0.2, -0.15) is 0 Å². The second-order valence-corrected chi connectivity index (χ2v) is 5.31. The summed E-state index contributed by atoms with van der Waals surface area (Å²) in [4.78, 5) is 12.0. The molecule has 1 heterocycles. The van der Waals surface area contributed by atoms with Crippen molar-refractivity contribution in [1.29, 1.82) is 0 Å². The molecule has 2 rings (SSSR count). The van der Waals surface area contributed by atoms with E-state index in [4.69, 9.17) is 0 Å². The first-order valence-electron chi connectivity index (χ1n) is 5.97. The van der Waals surface area contributed by atoms with E-state index in [9.17, 15) is 4.79 Å². The highest BCUT2D eigenvalue weighted by Gasteiger charge is 2.20. The van der Waals surface area contributed by atoms with Crippen molar-refractivity contribution in [2.75, 3.05) is 11.9 Å². The number of carbonyl (C=O) groups excluding carboxylic acids is 1. The maximum absolute atomic E-state index is 12.0. The van der Waals surface area contributed by atoms with Gasteiger partial charge in [0.2, 0.25) is 5.91 Å². The quantitative estimate of drug-likeness (QED) is 0.872. The topological polar surface area (TPSA) is 41.1 Å². The number of aryl methyl sites for hydroxylation is 1. The molecule has 0 saturated carbocycles. The van der Waals surface area contributed by atoms with Crippen molar-refractivity contribution < 1.29 is 4.79 Å². The first-order chi connectivity index (χ1) is 8.16. The Kier molecular flexibility index (Phi) is 6.12. The van der Waals surface area contributed by atoms with E-state index in [0.717, 1.165) is 35.1 Å². The van der Waals surface area contributed by atoms with Gasteiger partial charge in [0.1, 0.15) is 0 Å². The van der Waals surface area contributed by atoms with Crippen LogP contribution in [0.4, 0.5) is 5.69 Å². The van der Waals surface area contributed by atoms with Crippen LogP contribution in [-0.4, -0.2) is 18.5 Å². The van der Waals surface area contributed by atoms with Crippen molar-refractivity contribution in [2.24, 2.45) is 0 Å². The van der Waals surface area contributed by atoms with E-state index in [2.05, 4.69) is 26.6 Å². The lowest BCUT2D eigenvalue weighted by molar-refractivity contribution is -0.118. The highest BCUT2D eigenvalue weighted by molar-refractivity contribution is 9.10. The first kappa shape index (κ1) is 15.5. The minimum absolute atomic E-state index is 0. The molecule has 0 bridgehead atoms. The monoisotopic (exact) mass is 332 g/mol. The van der Waals surface area contributed by atoms with Crippen LogP contribution in [0.25, 0.3) is 0 Å². The van der Waals surface area contributed by atoms with Crippen LogP contribution in [-0.2, 0) is 4.79 Å². The predicted octanol–water partition coefficient (Wildman–Crippen LogP) is 3.26. The van der Waals surface area contributed by atoms with Crippen molar-refractivity contribution in [3.05, 3.63) is 28.2 Å². The number of piperidine rings is 1. The van der Waals surface area contributed by atoms with Gasteiger partial charge in [0.05, 0.1) is 6.04 Å². The molecule has 0 aromatic heterocycles. The molecule has 1 fully saturated rings. The molecule has 0 aliphatic carbocycles. The van der Waals surface area contributed by atoms with Crippen LogP contribution in [0.3, 0.4) is 0 Å². The molecule has 1 aliphatic rings. The average Bonchev–Trinajstić information content (AvgIpc) is 2.35. The summed E-state index contributed by atoms with van der Waals surface area (Å²) >= 11 is 3.45. The number of anilines is 1. The number of rotatable bonds is 2. The maximum atomic E-state index is 12.0. The van der Waals surface area contributed by atoms with Crippen LogP contribution < -0.4 is 10.6 Å². The third kappa shape index (κ3) is 3.97. The van der Waals surface area contributed by atoms with E-state index >= 15 is 0 Å². The molecule has 1 aromatic rings. The molecule has 1 aliphatic heterocycles. The van der Waals surface area contributed by atoms with Gasteiger partial charge in [-0.3, -0.25) is 4.79 Å². The van der Waals surface area contributed by atoms with Gasteiger partial charge < -0.3 is 10.6 Å². The average molecular weight is 334 g/mol. The smallest absolute Gasteiger partial charge is 0.241 e. The van der Waals surface area contributed by atoms with Gasteiger partial charge in [0.25, 0.3) is 0 Å². The molecule has 0 spiro atoms. The van der Waals surface area contributed by atoms with Crippen LogP contribution in [0.15, 0.2) is 22.7 Å². The number of benzene rings is 1. The fraction of sp³-hybridized carbons (Fsp3) is 0.462. The van der Waals surface area contributed by atoms with Gasteiger partial charge in [-0.15, -0.1) is 12.4 Å². The van der Waals surface area contributed by atoms with Crippen LogP contribution in [0.2, 0.25) is 0 Å². The van der Waals surface area contributed by atoms with Crippen molar-refractivity contribution in [2.45, 2.75) is 32.2 Å². The number of hydrogen-bond acceptors (Lipinski definition) is 2. The third-order valence-electron chi connectivity index (χ3n) is 3.05. The predicted molar refractivity (Wildman–Crippen MR) is 80.4 cm³/mol. The van der Waals surface area contributed by atoms with E-state index in [1.54, 1.807) is 0 Å². The molecule has 0 radical (unpaired) electrons. The molecule has 3 nitrogen and oxygen atoms in total. The molecule has 100 valence electrons. The number of nitrogens with one attached hydrogen (secondary N) is 2. The molecule has 1 amide bonds. The Morgan fingerprint density at radius 3 is 2.83 bits per heavy atom. The van der Waals surface area contributed by atoms with Gasteiger partial charge in [-0.05, 0) is 50.1 Å². The van der Waals surface area contributed by atoms with E-state index in [1.165, 1.54) is 6.42 Å². The Labute approximate surface area is 122 Å². The normalized spacial score (nSPS) is 18.9. The zero-order valence-electron chi connectivity index (χ0n) is 10.3. The summed E-state index contributed by atoms with van der Waals surface area (Å²) in [5.41, 5.74) is 1.99. The molecule has 5 heteroatoms. The summed E-state index contributed by atoms with van der Waals surface area (Å²) in [6, 6.07) is 5.81. The van der Waals surface area contributed by atoms with E-state index in [-0.39, 0.29) is 24.4 Å². The highest BCUT2D eigenvalue weighted by atomic mass is 79.9. The van der Waals surface area contributed by atoms with Gasteiger partial charge in [-0.25, -0.2) is 0 Å². The summed E-state index contributed by atoms with van der Waals surface area (Å²) in [6.07, 6.45) is 3.23. The fourth-order valence-electron chi connectivity index (χ4n) is 2.03. The Hall–Kier alpha value is -0.580. The molecular formula is C13H18BrClN2O. The lowest BCUT2D eigenvalue weighted by Crippen LogP contribution is -2.43. The summed E-state index contributed by atoms with van der Waals surface area (Å²) in [6.45, 7) is 2.95. The molecule has 2 N–H and O–H groups in total. The largest absolute Gasteiger partial charge is 0.325 e. The fourth-order valence-corrected chi connectivity index (χ4v) is 2.27. The second-order valence-electron chi connectivity index (χ2n) is 4.46. The van der Waals surface area contributed by atoms with Crippen LogP contribution >= 0.6 is 28.3 Å². The Morgan fingerprint density at radius 1 is 1.44 bits per heavy atom. The lowest BCUT2D eigenvalue weighted by atomic mass is 10.0. The summed E-state index contributed by atoms with van der Waals surface area (Å²) in [7, 11) is 0. The maximum Gasteiger partial charge on any atom is 0.241 e. The third-order valence-corrected chi connectivity index (χ3v) is 3.94. The zero-order valence-corrected chi connectivity index (χ0v) is 12.7. The molecule has 18 heavy (non-hydrogen) atoms. The van der Waals surface area contributed by atoms with Gasteiger partial charge in [0, 0.05) is 10.2 Å². The molecule has 1 aromatic carbocycles. The molecule has 1 atom stereocenters. The van der Waals surface area contributed by atoms with Gasteiger partial charge in [0.15, 0.2) is 0 Å². The van der Waals surface area contributed by atoms with Gasteiger partial charge >= 0.3 is 0 Å². The van der Waals surface area contributed by atoms with Crippen LogP contribution in [0.5, 0.6) is 0 Å². The Balaban J connectivity index is 0.00000162. The summed E-state index contributed by atoms with van der Waals surface area (Å²) in [5, 5.41) is 6.20. The second kappa shape index (κ2) is 7.12. The number of carbonyl (C=O) groups is 1. The first-order valence-corrected chi connectivity index (χ1v) is 6.76. The SMILES string of the molecule is Cc1cc(NC(=O)C2CCCCN2)ccc1Br.Cl. The Bertz CT molecular complexity index is 419. The summed E-state index contributed by atoms with van der Waals surface area (Å²) in [5.74, 6) is 0.0754. The summed E-state index contributed by atoms with van der Waals surface area (Å²) < 4.78 is 1.06. The number of halogens is 2. The van der Waals surface area contributed by atoms with Crippen molar-refractivity contribution in [3.63, 3.8) is 0 Å². The minimum atomic E-state index is -0.0345. The van der Waals surface area contributed by atoms with E-state index < -0.39 is 0 Å². The van der Waals surface area contributed by atoms with Crippen molar-refractivity contribution >= 4 is 39.9 Å². The van der Waals surface area contributed by atoms with Crippen molar-refractivity contribution in [1.82, 2.24) is 5.32 Å². The van der Waals surface area contributed by atoms with E-state index in [0.29, 0.717) is 0 Å². The molecular weight excluding hydrogens is 316 g/mol. The van der Waals surface area contributed by atoms with Crippen LogP contribution in [0, 0.1) is 6.92 Å². The molecule has 1 unspecified atom stereocenters. The highest BCUT2D eigenvalue weighted by Crippen LogP contribution is 2.20. The zero-order chi connectivity index (χ0) is 12.3. The van der Waals surface area contributed by atoms with Gasteiger partial charge in [-0.1, -0.05) is 22.4 Å². The molecule has 1 saturated heterocycles. The Morgan fingerprint density at radius 2 is 2.22 bits per heavy atom. The lowest BCUT2D eigenvalue weighted by Gasteiger charge is -2.22. The van der Waals surface area contributed by atoms with Crippen LogP contribution in [0.1, 0.15) is 24.8 Å². The number of amides is 1. The van der Waals surface area contributed by atoms with E-state index in [1.807, 2.05) is 25.1 Å². The standard InChI is InChI=1S/C13H17BrN2O.ClH/c1-9-8-10(5-6-11(9)14)16-13(17)12-4-2-3-7-15-12;/h5-6,8,12,15H,2-4,7H2,1H3,(H,16,17);1H. The minimum Gasteiger partial charge on any atom is -0.325 e. The number of hydrogen-bond donors (Lipinski definition) is 2. The van der Waals surface area contributed by atoms with Crippen molar-refractivity contribution in [3.8, 4) is 0 Å².